The number of methoxy groups -OCH3 is 1. The molecule has 0 aliphatic carbocycles. The van der Waals surface area contributed by atoms with Crippen LogP contribution >= 0.6 is 0 Å². The molecular weight excluding hydrogens is 648 g/mol. The number of nitrogens with two attached hydrogens (primary N) is 1. The van der Waals surface area contributed by atoms with Gasteiger partial charge in [0.2, 0.25) is 29.4 Å². The van der Waals surface area contributed by atoms with E-state index in [9.17, 15) is 29.4 Å². The Balaban J connectivity index is 1.60. The summed E-state index contributed by atoms with van der Waals surface area (Å²) in [5.41, 5.74) is 4.92. The number of benzene rings is 2. The highest BCUT2D eigenvalue weighted by atomic mass is 16.7. The Bertz CT molecular complexity index is 1450. The number of primary amides is 1. The van der Waals surface area contributed by atoms with Crippen molar-refractivity contribution >= 4 is 23.6 Å². The molecule has 274 valence electrons. The van der Waals surface area contributed by atoms with E-state index in [1.165, 1.54) is 27.9 Å². The van der Waals surface area contributed by atoms with Crippen molar-refractivity contribution in [2.45, 2.75) is 75.3 Å². The van der Waals surface area contributed by atoms with Crippen LogP contribution in [0, 0.1) is 0 Å². The van der Waals surface area contributed by atoms with E-state index in [1.807, 2.05) is 11.0 Å². The Morgan fingerprint density at radius 1 is 0.980 bits per heavy atom. The second-order valence-electron chi connectivity index (χ2n) is 13.1. The van der Waals surface area contributed by atoms with Gasteiger partial charge in [-0.15, -0.1) is 0 Å². The van der Waals surface area contributed by atoms with Gasteiger partial charge in [-0.1, -0.05) is 42.5 Å². The van der Waals surface area contributed by atoms with Crippen molar-refractivity contribution in [1.29, 1.82) is 0 Å². The second-order valence-corrected chi connectivity index (χ2v) is 13.1. The maximum atomic E-state index is 14.3. The Labute approximate surface area is 292 Å². The van der Waals surface area contributed by atoms with Crippen LogP contribution in [0.5, 0.6) is 5.75 Å². The van der Waals surface area contributed by atoms with Crippen molar-refractivity contribution in [3.8, 4) is 5.75 Å². The summed E-state index contributed by atoms with van der Waals surface area (Å²) in [6.07, 6.45) is -0.964. The number of amides is 4. The number of morpholine rings is 1. The van der Waals surface area contributed by atoms with E-state index in [-0.39, 0.29) is 31.8 Å². The van der Waals surface area contributed by atoms with E-state index in [1.54, 1.807) is 48.5 Å². The molecule has 2 aliphatic rings. The van der Waals surface area contributed by atoms with Crippen LogP contribution in [-0.4, -0.2) is 127 Å². The van der Waals surface area contributed by atoms with Crippen LogP contribution in [0.15, 0.2) is 54.6 Å². The van der Waals surface area contributed by atoms with Gasteiger partial charge in [-0.3, -0.25) is 24.1 Å². The molecule has 2 heterocycles. The molecule has 0 saturated carbocycles. The number of nitrogens with zero attached hydrogens (tertiary/aromatic N) is 1. The van der Waals surface area contributed by atoms with Crippen LogP contribution in [0.1, 0.15) is 31.9 Å². The highest BCUT2D eigenvalue weighted by Gasteiger charge is 2.57. The van der Waals surface area contributed by atoms with Crippen LogP contribution in [-0.2, 0) is 41.5 Å². The van der Waals surface area contributed by atoms with Crippen molar-refractivity contribution in [2.24, 2.45) is 5.73 Å². The van der Waals surface area contributed by atoms with Crippen LogP contribution in [0.25, 0.3) is 0 Å². The molecule has 2 fully saturated rings. The van der Waals surface area contributed by atoms with Gasteiger partial charge in [0.05, 0.1) is 39.0 Å². The summed E-state index contributed by atoms with van der Waals surface area (Å²) >= 11 is 0. The van der Waals surface area contributed by atoms with E-state index in [0.29, 0.717) is 43.2 Å². The third-order valence-electron chi connectivity index (χ3n) is 9.12. The average Bonchev–Trinajstić information content (AvgIpc) is 3.17. The third-order valence-corrected chi connectivity index (χ3v) is 9.12. The largest absolute Gasteiger partial charge is 0.497 e. The number of hydrogen-bond acceptors (Lipinski definition) is 11. The lowest BCUT2D eigenvalue weighted by Gasteiger charge is -2.45. The van der Waals surface area contributed by atoms with Gasteiger partial charge in [0.1, 0.15) is 29.5 Å². The molecule has 50 heavy (non-hydrogen) atoms. The lowest BCUT2D eigenvalue weighted by molar-refractivity contribution is -0.312. The maximum Gasteiger partial charge on any atom is 0.243 e. The number of β-amino-alcohol motifs (C(OH)–C–C–N with tert-alkyl or cyclic N) is 1. The summed E-state index contributed by atoms with van der Waals surface area (Å²) in [5, 5.41) is 35.0. The molecule has 8 N–H and O–H groups in total. The predicted molar refractivity (Wildman–Crippen MR) is 183 cm³/mol. The molecule has 4 amide bonds. The third kappa shape index (κ3) is 9.99. The highest BCUT2D eigenvalue weighted by Crippen LogP contribution is 2.33. The quantitative estimate of drug-likeness (QED) is 0.122. The number of hydrogen-bond donors (Lipinski definition) is 7. The number of rotatable bonds is 14. The van der Waals surface area contributed by atoms with E-state index in [2.05, 4.69) is 21.3 Å². The SMILES string of the molecule is COc1ccc(C[C@H](NC(=O)[C@H](C)NC(=O)CN2CCOCC2)C(=O)N[C@@H](Cc2ccccc2)[C@]2(O)O[C@H](C)[C@@H](C(N)=O)NC[C@@]2(C)O)cc1. The van der Waals surface area contributed by atoms with Crippen LogP contribution < -0.4 is 31.7 Å². The maximum absolute atomic E-state index is 14.3. The molecule has 0 spiro atoms. The first-order valence-corrected chi connectivity index (χ1v) is 16.7. The Morgan fingerprint density at radius 3 is 2.24 bits per heavy atom. The zero-order valence-electron chi connectivity index (χ0n) is 29.0. The zero-order valence-corrected chi connectivity index (χ0v) is 29.0. The molecule has 0 bridgehead atoms. The van der Waals surface area contributed by atoms with E-state index >= 15 is 0 Å². The fourth-order valence-corrected chi connectivity index (χ4v) is 6.10. The minimum Gasteiger partial charge on any atom is -0.497 e. The van der Waals surface area contributed by atoms with Gasteiger partial charge in [-0.25, -0.2) is 0 Å². The molecule has 7 atom stereocenters. The monoisotopic (exact) mass is 698 g/mol. The van der Waals surface area contributed by atoms with E-state index < -0.39 is 59.4 Å². The van der Waals surface area contributed by atoms with Gasteiger partial charge in [-0.2, -0.15) is 0 Å². The van der Waals surface area contributed by atoms with Gasteiger partial charge < -0.3 is 51.4 Å². The van der Waals surface area contributed by atoms with Gasteiger partial charge in [0, 0.05) is 26.1 Å². The van der Waals surface area contributed by atoms with Crippen molar-refractivity contribution in [1.82, 2.24) is 26.2 Å². The minimum absolute atomic E-state index is 0.00436. The molecule has 4 rings (SSSR count). The molecule has 15 nitrogen and oxygen atoms in total. The fraction of sp³-hybridized carbons (Fsp3) is 0.543. The summed E-state index contributed by atoms with van der Waals surface area (Å²) < 4.78 is 16.6. The summed E-state index contributed by atoms with van der Waals surface area (Å²) in [6, 6.07) is 11.4. The van der Waals surface area contributed by atoms with Crippen molar-refractivity contribution in [3.05, 3.63) is 65.7 Å². The van der Waals surface area contributed by atoms with Gasteiger partial charge in [0.15, 0.2) is 0 Å². The van der Waals surface area contributed by atoms with Crippen LogP contribution in [0.3, 0.4) is 0 Å². The molecule has 0 radical (unpaired) electrons. The average molecular weight is 699 g/mol. The zero-order chi connectivity index (χ0) is 36.5. The van der Waals surface area contributed by atoms with Gasteiger partial charge in [0.25, 0.3) is 0 Å². The number of aliphatic hydroxyl groups is 2. The first kappa shape index (κ1) is 38.7. The normalized spacial score (nSPS) is 26.0. The molecule has 15 heteroatoms. The molecule has 0 aromatic heterocycles. The fourth-order valence-electron chi connectivity index (χ4n) is 6.10. The van der Waals surface area contributed by atoms with Crippen LogP contribution in [0.2, 0.25) is 0 Å². The van der Waals surface area contributed by atoms with Crippen molar-refractivity contribution < 1.29 is 43.6 Å². The molecule has 2 aromatic rings. The summed E-state index contributed by atoms with van der Waals surface area (Å²) in [4.78, 5) is 54.6. The number of carbonyl (C=O) groups excluding carboxylic acids is 4. The molecular formula is C35H50N6O9. The lowest BCUT2D eigenvalue weighted by Crippen LogP contribution is -2.69. The predicted octanol–water partition coefficient (Wildman–Crippen LogP) is -1.41. The van der Waals surface area contributed by atoms with Gasteiger partial charge >= 0.3 is 0 Å². The van der Waals surface area contributed by atoms with Crippen molar-refractivity contribution in [2.75, 3.05) is 46.5 Å². The molecule has 2 saturated heterocycles. The molecule has 2 aliphatic heterocycles. The number of ether oxygens (including phenoxy) is 3. The topological polar surface area (TPSA) is 214 Å². The lowest BCUT2D eigenvalue weighted by atomic mass is 9.85. The standard InChI is InChI=1S/C35H50N6O9/c1-22(38-29(42)20-41-14-16-49-17-15-41)32(44)39-27(18-25-10-12-26(48-4)13-11-25)33(45)40-28(19-24-8-6-5-7-9-24)35(47)34(3,46)21-37-30(31(36)43)23(2)50-35/h5-13,22-23,27-28,30,37,46-47H,14-21H2,1-4H3,(H2,36,43)(H,38,42)(H,39,44)(H,40,45)/t22-,23+,27-,28-,30-,34+,35-/m0/s1. The first-order valence-electron chi connectivity index (χ1n) is 16.7. The summed E-state index contributed by atoms with van der Waals surface area (Å²) in [7, 11) is 1.53. The number of carbonyl (C=O) groups is 4. The van der Waals surface area contributed by atoms with Gasteiger partial charge in [-0.05, 0) is 50.5 Å². The Morgan fingerprint density at radius 2 is 1.62 bits per heavy atom. The molecule has 0 unspecified atom stereocenters. The smallest absolute Gasteiger partial charge is 0.243 e. The summed E-state index contributed by atoms with van der Waals surface area (Å²) in [5.74, 6) is -4.22. The first-order chi connectivity index (χ1) is 23.7. The second kappa shape index (κ2) is 17.2. The minimum atomic E-state index is -2.44. The van der Waals surface area contributed by atoms with E-state index in [0.717, 1.165) is 0 Å². The number of nitrogens with one attached hydrogen (secondary N) is 4. The molecule has 2 aromatic carbocycles. The van der Waals surface area contributed by atoms with E-state index in [4.69, 9.17) is 19.9 Å². The van der Waals surface area contributed by atoms with Crippen LogP contribution in [0.4, 0.5) is 0 Å². The Hall–Kier alpha value is -4.12. The highest BCUT2D eigenvalue weighted by molar-refractivity contribution is 5.92. The van der Waals surface area contributed by atoms with Crippen molar-refractivity contribution in [3.63, 3.8) is 0 Å². The summed E-state index contributed by atoms with van der Waals surface area (Å²) in [6.45, 7) is 6.43. The Kier molecular flexibility index (Phi) is 13.3.